The quantitative estimate of drug-likeness (QED) is 0.404. The van der Waals surface area contributed by atoms with E-state index in [1.165, 1.54) is 0 Å². The Morgan fingerprint density at radius 1 is 1.62 bits per heavy atom. The molecule has 0 saturated carbocycles. The van der Waals surface area contributed by atoms with Gasteiger partial charge in [-0.2, -0.15) is 0 Å². The summed E-state index contributed by atoms with van der Waals surface area (Å²) in [6.45, 7) is 3.17. The van der Waals surface area contributed by atoms with Crippen molar-refractivity contribution in [3.05, 3.63) is 0 Å². The summed E-state index contributed by atoms with van der Waals surface area (Å²) in [6.07, 6.45) is -0.231. The lowest BCUT2D eigenvalue weighted by molar-refractivity contribution is -0.390. The fraction of sp³-hybridized carbons (Fsp3) is 1.00. The number of nitrogens with one attached hydrogen (secondary N) is 1. The number of hydrogen-bond donors (Lipinski definition) is 2. The molecule has 0 radical (unpaired) electrons. The van der Waals surface area contributed by atoms with Crippen molar-refractivity contribution >= 4 is 7.62 Å². The van der Waals surface area contributed by atoms with Crippen LogP contribution < -0.4 is 11.0 Å². The molecule has 1 heterocycles. The second-order valence-electron chi connectivity index (χ2n) is 3.09. The zero-order chi connectivity index (χ0) is 9.68. The summed E-state index contributed by atoms with van der Waals surface area (Å²) >= 11 is 0. The van der Waals surface area contributed by atoms with Crippen molar-refractivity contribution in [3.8, 4) is 0 Å². The zero-order valence-corrected chi connectivity index (χ0v) is 8.16. The van der Waals surface area contributed by atoms with Gasteiger partial charge in [-0.15, -0.1) is 0 Å². The molecule has 13 heavy (non-hydrogen) atoms. The molecular formula is C7H17BN2O3. The molecule has 0 aliphatic carbocycles. The SMILES string of the molecule is COBNCC(CN)C1OC(C)O1. The van der Waals surface area contributed by atoms with Crippen LogP contribution in [0.4, 0.5) is 0 Å². The fourth-order valence-electron chi connectivity index (χ4n) is 1.25. The topological polar surface area (TPSA) is 65.7 Å². The van der Waals surface area contributed by atoms with Gasteiger partial charge in [-0.05, 0) is 13.5 Å². The van der Waals surface area contributed by atoms with E-state index in [4.69, 9.17) is 19.9 Å². The Balaban J connectivity index is 2.11. The Morgan fingerprint density at radius 2 is 2.31 bits per heavy atom. The Morgan fingerprint density at radius 3 is 2.77 bits per heavy atom. The van der Waals surface area contributed by atoms with Gasteiger partial charge in [-0.3, -0.25) is 0 Å². The minimum absolute atomic E-state index is 0.0820. The van der Waals surface area contributed by atoms with E-state index in [1.54, 1.807) is 7.11 Å². The van der Waals surface area contributed by atoms with Gasteiger partial charge in [0.25, 0.3) is 0 Å². The lowest BCUT2D eigenvalue weighted by Crippen LogP contribution is -2.50. The molecule has 1 rings (SSSR count). The third-order valence-electron chi connectivity index (χ3n) is 1.99. The highest BCUT2D eigenvalue weighted by Crippen LogP contribution is 2.22. The van der Waals surface area contributed by atoms with Gasteiger partial charge in [-0.25, -0.2) is 0 Å². The van der Waals surface area contributed by atoms with Gasteiger partial charge >= 0.3 is 7.62 Å². The summed E-state index contributed by atoms with van der Waals surface area (Å²) in [5.74, 6) is 0.200. The van der Waals surface area contributed by atoms with E-state index in [-0.39, 0.29) is 18.5 Å². The Kier molecular flexibility index (Phi) is 4.68. The van der Waals surface area contributed by atoms with Crippen LogP contribution in [0.15, 0.2) is 0 Å². The molecule has 0 bridgehead atoms. The predicted octanol–water partition coefficient (Wildman–Crippen LogP) is -1.22. The van der Waals surface area contributed by atoms with Crippen molar-refractivity contribution in [2.45, 2.75) is 19.5 Å². The van der Waals surface area contributed by atoms with E-state index < -0.39 is 0 Å². The minimum Gasteiger partial charge on any atom is -0.427 e. The van der Waals surface area contributed by atoms with Gasteiger partial charge in [0.1, 0.15) is 0 Å². The van der Waals surface area contributed by atoms with Crippen molar-refractivity contribution in [1.82, 2.24) is 5.23 Å². The molecule has 1 fully saturated rings. The lowest BCUT2D eigenvalue weighted by atomic mass is 10.1. The molecule has 1 atom stereocenters. The molecule has 0 aromatic rings. The highest BCUT2D eigenvalue weighted by Gasteiger charge is 2.33. The maximum Gasteiger partial charge on any atom is 0.360 e. The van der Waals surface area contributed by atoms with E-state index in [9.17, 15) is 0 Å². The first kappa shape index (κ1) is 10.9. The molecule has 6 heteroatoms. The van der Waals surface area contributed by atoms with Crippen molar-refractivity contribution < 1.29 is 14.1 Å². The molecule has 0 aromatic heterocycles. The van der Waals surface area contributed by atoms with Crippen LogP contribution in [0, 0.1) is 5.92 Å². The van der Waals surface area contributed by atoms with Crippen molar-refractivity contribution in [2.24, 2.45) is 11.7 Å². The molecule has 0 spiro atoms. The molecule has 1 saturated heterocycles. The third kappa shape index (κ3) is 3.24. The van der Waals surface area contributed by atoms with Crippen LogP contribution in [0.2, 0.25) is 0 Å². The average molecular weight is 188 g/mol. The van der Waals surface area contributed by atoms with Crippen LogP contribution in [0.3, 0.4) is 0 Å². The predicted molar refractivity (Wildman–Crippen MR) is 50.1 cm³/mol. The van der Waals surface area contributed by atoms with Crippen LogP contribution in [0.1, 0.15) is 6.92 Å². The van der Waals surface area contributed by atoms with Crippen LogP contribution >= 0.6 is 0 Å². The first-order chi connectivity index (χ1) is 6.27. The maximum atomic E-state index is 5.57. The van der Waals surface area contributed by atoms with Crippen molar-refractivity contribution in [3.63, 3.8) is 0 Å². The summed E-state index contributed by atoms with van der Waals surface area (Å²) in [4.78, 5) is 0. The van der Waals surface area contributed by atoms with E-state index >= 15 is 0 Å². The lowest BCUT2D eigenvalue weighted by Gasteiger charge is -2.38. The van der Waals surface area contributed by atoms with Gasteiger partial charge in [0.15, 0.2) is 12.6 Å². The van der Waals surface area contributed by atoms with Crippen molar-refractivity contribution in [1.29, 1.82) is 0 Å². The van der Waals surface area contributed by atoms with E-state index in [0.29, 0.717) is 14.2 Å². The highest BCUT2D eigenvalue weighted by atomic mass is 16.9. The summed E-state index contributed by atoms with van der Waals surface area (Å²) in [7, 11) is 2.17. The fourth-order valence-corrected chi connectivity index (χ4v) is 1.25. The summed E-state index contributed by atoms with van der Waals surface area (Å²) in [5.41, 5.74) is 5.57. The summed E-state index contributed by atoms with van der Waals surface area (Å²) in [6, 6.07) is 0. The van der Waals surface area contributed by atoms with E-state index in [1.807, 2.05) is 6.92 Å². The number of ether oxygens (including phenoxy) is 2. The highest BCUT2D eigenvalue weighted by molar-refractivity contribution is 6.23. The average Bonchev–Trinajstić information content (AvgIpc) is 2.08. The number of nitrogens with two attached hydrogens (primary N) is 1. The van der Waals surface area contributed by atoms with Gasteiger partial charge in [0.05, 0.1) is 0 Å². The smallest absolute Gasteiger partial charge is 0.360 e. The van der Waals surface area contributed by atoms with Gasteiger partial charge in [0.2, 0.25) is 0 Å². The molecule has 3 N–H and O–H groups in total. The summed E-state index contributed by atoms with van der Waals surface area (Å²) in [5, 5.41) is 3.09. The maximum absolute atomic E-state index is 5.57. The second-order valence-corrected chi connectivity index (χ2v) is 3.09. The third-order valence-corrected chi connectivity index (χ3v) is 1.99. The van der Waals surface area contributed by atoms with E-state index in [0.717, 1.165) is 6.54 Å². The second kappa shape index (κ2) is 5.56. The first-order valence-electron chi connectivity index (χ1n) is 4.48. The molecule has 5 nitrogen and oxygen atoms in total. The Hall–Kier alpha value is -0.135. The molecular weight excluding hydrogens is 171 g/mol. The van der Waals surface area contributed by atoms with E-state index in [2.05, 4.69) is 5.23 Å². The van der Waals surface area contributed by atoms with Crippen LogP contribution in [0.5, 0.6) is 0 Å². The minimum atomic E-state index is -0.149. The Labute approximate surface area is 79.2 Å². The monoisotopic (exact) mass is 188 g/mol. The van der Waals surface area contributed by atoms with Crippen LogP contribution in [-0.2, 0) is 14.1 Å². The Bertz CT molecular complexity index is 144. The summed E-state index contributed by atoms with van der Waals surface area (Å²) < 4.78 is 15.5. The molecule has 0 aromatic carbocycles. The zero-order valence-electron chi connectivity index (χ0n) is 8.16. The van der Waals surface area contributed by atoms with Crippen LogP contribution in [-0.4, -0.2) is 40.4 Å². The normalized spacial score (nSPS) is 29.5. The molecule has 1 aliphatic heterocycles. The number of hydrogen-bond acceptors (Lipinski definition) is 5. The largest absolute Gasteiger partial charge is 0.427 e. The van der Waals surface area contributed by atoms with Crippen molar-refractivity contribution in [2.75, 3.05) is 20.2 Å². The standard InChI is InChI=1S/C7H17BN2O3/c1-5-12-7(13-5)6(3-9)4-10-8-11-2/h5-8,10H,3-4,9H2,1-2H3. The van der Waals surface area contributed by atoms with Gasteiger partial charge in [0, 0.05) is 19.6 Å². The van der Waals surface area contributed by atoms with Crippen LogP contribution in [0.25, 0.3) is 0 Å². The molecule has 1 aliphatic rings. The molecule has 1 unspecified atom stereocenters. The van der Waals surface area contributed by atoms with Gasteiger partial charge in [-0.1, -0.05) is 0 Å². The first-order valence-corrected chi connectivity index (χ1v) is 4.48. The molecule has 76 valence electrons. The molecule has 0 amide bonds. The van der Waals surface area contributed by atoms with Gasteiger partial charge < -0.3 is 25.1 Å². The number of rotatable bonds is 6.